The highest BCUT2D eigenvalue weighted by atomic mass is 16.5. The fourth-order valence-electron chi connectivity index (χ4n) is 0.928. The Balaban J connectivity index is 3.17. The van der Waals surface area contributed by atoms with E-state index in [2.05, 4.69) is 24.5 Å². The van der Waals surface area contributed by atoms with Crippen molar-refractivity contribution in [2.24, 2.45) is 5.92 Å². The second kappa shape index (κ2) is 8.81. The quantitative estimate of drug-likeness (QED) is 0.613. The van der Waals surface area contributed by atoms with Gasteiger partial charge < -0.3 is 15.4 Å². The maximum absolute atomic E-state index is 10.8. The zero-order chi connectivity index (χ0) is 10.8. The minimum absolute atomic E-state index is 0.335. The molecule has 0 fully saturated rings. The molecule has 0 spiro atoms. The van der Waals surface area contributed by atoms with Gasteiger partial charge in [-0.1, -0.05) is 20.3 Å². The second-order valence-corrected chi connectivity index (χ2v) is 3.36. The minimum Gasteiger partial charge on any atom is -0.450 e. The third-order valence-corrected chi connectivity index (χ3v) is 2.04. The minimum atomic E-state index is -0.335. The average molecular weight is 202 g/mol. The van der Waals surface area contributed by atoms with Crippen LogP contribution in [0.4, 0.5) is 4.79 Å². The van der Waals surface area contributed by atoms with Gasteiger partial charge in [0.05, 0.1) is 6.61 Å². The fourth-order valence-corrected chi connectivity index (χ4v) is 0.928. The van der Waals surface area contributed by atoms with Gasteiger partial charge in [-0.2, -0.15) is 0 Å². The van der Waals surface area contributed by atoms with Crippen molar-refractivity contribution in [3.63, 3.8) is 0 Å². The number of rotatable bonds is 7. The van der Waals surface area contributed by atoms with Crippen LogP contribution in [0.3, 0.4) is 0 Å². The van der Waals surface area contributed by atoms with Gasteiger partial charge in [0.1, 0.15) is 0 Å². The first-order valence-electron chi connectivity index (χ1n) is 5.32. The molecule has 0 saturated heterocycles. The maximum Gasteiger partial charge on any atom is 0.407 e. The summed E-state index contributed by atoms with van der Waals surface area (Å²) < 4.78 is 4.71. The first-order chi connectivity index (χ1) is 6.70. The molecule has 0 aromatic heterocycles. The number of ether oxygens (including phenoxy) is 1. The lowest BCUT2D eigenvalue weighted by molar-refractivity contribution is 0.152. The third-order valence-electron chi connectivity index (χ3n) is 2.04. The Morgan fingerprint density at radius 3 is 2.64 bits per heavy atom. The normalized spacial score (nSPS) is 12.2. The van der Waals surface area contributed by atoms with Crippen molar-refractivity contribution in [2.45, 2.75) is 27.2 Å². The van der Waals surface area contributed by atoms with E-state index < -0.39 is 0 Å². The fraction of sp³-hybridized carbons (Fsp3) is 0.900. The standard InChI is InChI=1S/C10H22N2O2/c1-4-9(3)8-11-6-7-12-10(13)14-5-2/h9,11H,4-8H2,1-3H3,(H,12,13). The van der Waals surface area contributed by atoms with Gasteiger partial charge in [-0.25, -0.2) is 4.79 Å². The van der Waals surface area contributed by atoms with Gasteiger partial charge in [-0.15, -0.1) is 0 Å². The van der Waals surface area contributed by atoms with Gasteiger partial charge in [-0.05, 0) is 19.4 Å². The van der Waals surface area contributed by atoms with Crippen LogP contribution in [-0.2, 0) is 4.74 Å². The molecule has 4 heteroatoms. The highest BCUT2D eigenvalue weighted by Gasteiger charge is 1.99. The molecule has 0 aliphatic rings. The lowest BCUT2D eigenvalue weighted by atomic mass is 10.1. The van der Waals surface area contributed by atoms with E-state index in [1.54, 1.807) is 6.92 Å². The lowest BCUT2D eigenvalue weighted by Gasteiger charge is -2.10. The van der Waals surface area contributed by atoms with E-state index >= 15 is 0 Å². The molecule has 0 rings (SSSR count). The van der Waals surface area contributed by atoms with E-state index in [1.165, 1.54) is 6.42 Å². The SMILES string of the molecule is CCOC(=O)NCCNCC(C)CC. The average Bonchev–Trinajstić information content (AvgIpc) is 2.17. The van der Waals surface area contributed by atoms with Crippen molar-refractivity contribution in [3.8, 4) is 0 Å². The zero-order valence-corrected chi connectivity index (χ0v) is 9.43. The highest BCUT2D eigenvalue weighted by Crippen LogP contribution is 1.96. The molecular weight excluding hydrogens is 180 g/mol. The second-order valence-electron chi connectivity index (χ2n) is 3.36. The molecule has 14 heavy (non-hydrogen) atoms. The van der Waals surface area contributed by atoms with E-state index in [1.807, 2.05) is 0 Å². The van der Waals surface area contributed by atoms with Crippen LogP contribution < -0.4 is 10.6 Å². The summed E-state index contributed by atoms with van der Waals surface area (Å²) in [7, 11) is 0. The predicted octanol–water partition coefficient (Wildman–Crippen LogP) is 1.37. The summed E-state index contributed by atoms with van der Waals surface area (Å²) >= 11 is 0. The Kier molecular flexibility index (Phi) is 8.33. The van der Waals surface area contributed by atoms with Crippen LogP contribution in [0.1, 0.15) is 27.2 Å². The smallest absolute Gasteiger partial charge is 0.407 e. The molecule has 0 aromatic rings. The first-order valence-corrected chi connectivity index (χ1v) is 5.32. The van der Waals surface area contributed by atoms with Gasteiger partial charge in [0.15, 0.2) is 0 Å². The maximum atomic E-state index is 10.8. The Morgan fingerprint density at radius 2 is 2.07 bits per heavy atom. The first kappa shape index (κ1) is 13.2. The van der Waals surface area contributed by atoms with Crippen LogP contribution in [0.5, 0.6) is 0 Å². The molecular formula is C10H22N2O2. The lowest BCUT2D eigenvalue weighted by Crippen LogP contribution is -2.33. The molecule has 0 aromatic carbocycles. The van der Waals surface area contributed by atoms with Gasteiger partial charge in [0.2, 0.25) is 0 Å². The number of nitrogens with one attached hydrogen (secondary N) is 2. The van der Waals surface area contributed by atoms with Gasteiger partial charge >= 0.3 is 6.09 Å². The Bertz CT molecular complexity index is 151. The Labute approximate surface area is 86.4 Å². The van der Waals surface area contributed by atoms with Crippen LogP contribution in [-0.4, -0.2) is 32.3 Å². The molecule has 0 saturated carbocycles. The van der Waals surface area contributed by atoms with Crippen molar-refractivity contribution >= 4 is 6.09 Å². The van der Waals surface area contributed by atoms with E-state index in [0.717, 1.165) is 13.1 Å². The molecule has 2 N–H and O–H groups in total. The molecule has 4 nitrogen and oxygen atoms in total. The molecule has 1 atom stereocenters. The summed E-state index contributed by atoms with van der Waals surface area (Å²) in [6.07, 6.45) is 0.844. The van der Waals surface area contributed by atoms with Gasteiger partial charge in [0.25, 0.3) is 0 Å². The van der Waals surface area contributed by atoms with Crippen LogP contribution in [0.15, 0.2) is 0 Å². The van der Waals surface area contributed by atoms with E-state index in [0.29, 0.717) is 19.1 Å². The summed E-state index contributed by atoms with van der Waals surface area (Å²) in [5, 5.41) is 5.91. The van der Waals surface area contributed by atoms with Crippen LogP contribution >= 0.6 is 0 Å². The molecule has 84 valence electrons. The summed E-state index contributed by atoms with van der Waals surface area (Å²) in [6.45, 7) is 9.00. The van der Waals surface area contributed by atoms with Crippen molar-refractivity contribution in [1.29, 1.82) is 0 Å². The molecule has 0 bridgehead atoms. The summed E-state index contributed by atoms with van der Waals surface area (Å²) in [4.78, 5) is 10.8. The largest absolute Gasteiger partial charge is 0.450 e. The topological polar surface area (TPSA) is 50.4 Å². The van der Waals surface area contributed by atoms with Crippen molar-refractivity contribution in [3.05, 3.63) is 0 Å². The van der Waals surface area contributed by atoms with Gasteiger partial charge in [-0.3, -0.25) is 0 Å². The third kappa shape index (κ3) is 7.86. The molecule has 0 radical (unpaired) electrons. The molecule has 0 aliphatic heterocycles. The summed E-state index contributed by atoms with van der Waals surface area (Å²) in [5.41, 5.74) is 0. The van der Waals surface area contributed by atoms with E-state index in [9.17, 15) is 4.79 Å². The number of alkyl carbamates (subject to hydrolysis) is 1. The molecule has 1 amide bonds. The van der Waals surface area contributed by atoms with Crippen LogP contribution in [0.2, 0.25) is 0 Å². The molecule has 0 heterocycles. The van der Waals surface area contributed by atoms with E-state index in [-0.39, 0.29) is 6.09 Å². The van der Waals surface area contributed by atoms with Crippen molar-refractivity contribution < 1.29 is 9.53 Å². The number of carbonyl (C=O) groups is 1. The Hall–Kier alpha value is -0.770. The number of hydrogen-bond donors (Lipinski definition) is 2. The van der Waals surface area contributed by atoms with Crippen LogP contribution in [0, 0.1) is 5.92 Å². The Morgan fingerprint density at radius 1 is 1.36 bits per heavy atom. The van der Waals surface area contributed by atoms with Gasteiger partial charge in [0, 0.05) is 13.1 Å². The molecule has 1 unspecified atom stereocenters. The van der Waals surface area contributed by atoms with E-state index in [4.69, 9.17) is 4.74 Å². The molecule has 0 aliphatic carbocycles. The van der Waals surface area contributed by atoms with Crippen molar-refractivity contribution in [1.82, 2.24) is 10.6 Å². The summed E-state index contributed by atoms with van der Waals surface area (Å²) in [5.74, 6) is 0.692. The highest BCUT2D eigenvalue weighted by molar-refractivity contribution is 5.66. The summed E-state index contributed by atoms with van der Waals surface area (Å²) in [6, 6.07) is 0. The monoisotopic (exact) mass is 202 g/mol. The van der Waals surface area contributed by atoms with Crippen molar-refractivity contribution in [2.75, 3.05) is 26.2 Å². The van der Waals surface area contributed by atoms with Crippen LogP contribution in [0.25, 0.3) is 0 Å². The number of hydrogen-bond acceptors (Lipinski definition) is 3. The predicted molar refractivity (Wildman–Crippen MR) is 57.3 cm³/mol. The zero-order valence-electron chi connectivity index (χ0n) is 9.43. The number of amides is 1. The number of carbonyl (C=O) groups excluding carboxylic acids is 1.